The Morgan fingerprint density at radius 2 is 0.909 bits per heavy atom. The van der Waals surface area contributed by atoms with Gasteiger partial charge in [0.1, 0.15) is 6.04 Å². The van der Waals surface area contributed by atoms with E-state index in [4.69, 9.17) is 0 Å². The highest BCUT2D eigenvalue weighted by molar-refractivity contribution is 5.79. The van der Waals surface area contributed by atoms with E-state index < -0.39 is 62.1 Å². The van der Waals surface area contributed by atoms with Crippen LogP contribution in [0.4, 0.5) is 0 Å². The monoisotopic (exact) mass is 628 g/mol. The lowest BCUT2D eigenvalue weighted by molar-refractivity contribution is -0.147. The van der Waals surface area contributed by atoms with Crippen molar-refractivity contribution in [3.63, 3.8) is 0 Å². The fourth-order valence-electron chi connectivity index (χ4n) is 6.43. The number of aliphatic carboxylic acids is 5. The van der Waals surface area contributed by atoms with Gasteiger partial charge in [-0.1, -0.05) is 38.5 Å². The summed E-state index contributed by atoms with van der Waals surface area (Å²) in [4.78, 5) is 77.2. The number of amides is 1. The summed E-state index contributed by atoms with van der Waals surface area (Å²) in [5.74, 6) is -6.41. The number of nitrogens with zero attached hydrogens (tertiary/aromatic N) is 4. The van der Waals surface area contributed by atoms with E-state index in [2.05, 4.69) is 0 Å². The molecule has 2 fully saturated rings. The molecule has 1 amide bonds. The lowest BCUT2D eigenvalue weighted by atomic mass is 9.88. The Balaban J connectivity index is 2.25. The van der Waals surface area contributed by atoms with Crippen LogP contribution in [0, 0.1) is 0 Å². The van der Waals surface area contributed by atoms with Crippen molar-refractivity contribution in [1.82, 2.24) is 19.6 Å². The van der Waals surface area contributed by atoms with Crippen molar-refractivity contribution in [2.45, 2.75) is 95.2 Å². The fourth-order valence-corrected chi connectivity index (χ4v) is 6.43. The Kier molecular flexibility index (Phi) is 16.1. The molecule has 5 N–H and O–H groups in total. The van der Waals surface area contributed by atoms with Gasteiger partial charge in [0.2, 0.25) is 5.91 Å². The second-order valence-electron chi connectivity index (χ2n) is 11.8. The molecule has 15 nitrogen and oxygen atoms in total. The van der Waals surface area contributed by atoms with Gasteiger partial charge in [-0.3, -0.25) is 43.5 Å². The third kappa shape index (κ3) is 13.6. The zero-order chi connectivity index (χ0) is 32.6. The zero-order valence-corrected chi connectivity index (χ0v) is 25.3. The van der Waals surface area contributed by atoms with Crippen molar-refractivity contribution >= 4 is 35.8 Å². The highest BCUT2D eigenvalue weighted by Gasteiger charge is 2.34. The van der Waals surface area contributed by atoms with Crippen molar-refractivity contribution in [1.29, 1.82) is 0 Å². The van der Waals surface area contributed by atoms with E-state index in [-0.39, 0.29) is 57.0 Å². The third-order valence-corrected chi connectivity index (χ3v) is 8.42. The minimum atomic E-state index is -1.27. The van der Waals surface area contributed by atoms with E-state index in [9.17, 15) is 54.3 Å². The first-order valence-electron chi connectivity index (χ1n) is 15.5. The number of hydrogen-bond donors (Lipinski definition) is 5. The minimum absolute atomic E-state index is 0.0393. The topological polar surface area (TPSA) is 217 Å². The summed E-state index contributed by atoms with van der Waals surface area (Å²) in [6, 6.07) is -0.980. The highest BCUT2D eigenvalue weighted by atomic mass is 16.4. The molecule has 0 heterocycles. The van der Waals surface area contributed by atoms with Gasteiger partial charge in [0.25, 0.3) is 0 Å². The molecule has 0 aliphatic heterocycles. The Morgan fingerprint density at radius 3 is 1.23 bits per heavy atom. The fraction of sp³-hybridized carbons (Fsp3) is 0.793. The molecular weight excluding hydrogens is 580 g/mol. The lowest BCUT2D eigenvalue weighted by Gasteiger charge is -2.42. The molecule has 250 valence electrons. The molecule has 1 unspecified atom stereocenters. The summed E-state index contributed by atoms with van der Waals surface area (Å²) >= 11 is 0. The van der Waals surface area contributed by atoms with Crippen molar-refractivity contribution in [3.05, 3.63) is 0 Å². The summed E-state index contributed by atoms with van der Waals surface area (Å²) in [7, 11) is 0. The smallest absolute Gasteiger partial charge is 0.320 e. The summed E-state index contributed by atoms with van der Waals surface area (Å²) < 4.78 is 0. The second kappa shape index (κ2) is 19.2. The standard InChI is InChI=1S/C29H48N4O11/c34-24(33(21-7-3-1-4-8-21)22-9-5-2-6-10-22)12-11-23(29(43)44)32(15-13-30(17-25(35)36)18-26(37)38)16-14-31(19-27(39)40)20-28(41)42/h21-23H,1-20H2,(H,35,36)(H,37,38)(H,39,40)(H,41,42)(H,43,44). The van der Waals surface area contributed by atoms with Crippen molar-refractivity contribution in [3.8, 4) is 0 Å². The van der Waals surface area contributed by atoms with E-state index >= 15 is 0 Å². The van der Waals surface area contributed by atoms with Gasteiger partial charge in [0.15, 0.2) is 0 Å². The molecule has 0 radical (unpaired) electrons. The molecule has 44 heavy (non-hydrogen) atoms. The number of carboxylic acids is 5. The van der Waals surface area contributed by atoms with Gasteiger partial charge in [-0.2, -0.15) is 0 Å². The first-order chi connectivity index (χ1) is 20.9. The molecule has 0 aromatic rings. The first kappa shape index (κ1) is 36.9. The van der Waals surface area contributed by atoms with Crippen molar-refractivity contribution < 1.29 is 54.3 Å². The second-order valence-corrected chi connectivity index (χ2v) is 11.8. The predicted octanol–water partition coefficient (Wildman–Crippen LogP) is 0.958. The molecule has 0 aromatic heterocycles. The van der Waals surface area contributed by atoms with E-state index in [0.717, 1.165) is 74.0 Å². The SMILES string of the molecule is O=C(O)CN(CCN(CCN(CC(=O)O)CC(=O)O)C(CCC(=O)N(C1CCCCC1)C1CCCCC1)C(=O)O)CC(=O)O. The average molecular weight is 629 g/mol. The van der Waals surface area contributed by atoms with Crippen LogP contribution in [-0.4, -0.2) is 151 Å². The molecule has 2 aliphatic carbocycles. The maximum Gasteiger partial charge on any atom is 0.320 e. The Hall–Kier alpha value is -3.30. The summed E-state index contributed by atoms with van der Waals surface area (Å²) in [6.07, 6.45) is 9.98. The maximum absolute atomic E-state index is 13.7. The van der Waals surface area contributed by atoms with Crippen LogP contribution in [0.5, 0.6) is 0 Å². The highest BCUT2D eigenvalue weighted by Crippen LogP contribution is 2.31. The summed E-state index contributed by atoms with van der Waals surface area (Å²) in [5, 5.41) is 47.1. The third-order valence-electron chi connectivity index (χ3n) is 8.42. The molecule has 2 aliphatic rings. The summed E-state index contributed by atoms with van der Waals surface area (Å²) in [5.41, 5.74) is 0. The molecule has 2 saturated carbocycles. The molecule has 0 spiro atoms. The molecule has 15 heteroatoms. The average Bonchev–Trinajstić information content (AvgIpc) is 2.93. The van der Waals surface area contributed by atoms with Gasteiger partial charge in [-0.05, 0) is 32.1 Å². The number of rotatable bonds is 21. The Labute approximate surface area is 257 Å². The molecule has 0 aromatic carbocycles. The molecule has 1 atom stereocenters. The Morgan fingerprint density at radius 1 is 0.545 bits per heavy atom. The maximum atomic E-state index is 13.7. The molecule has 0 saturated heterocycles. The summed E-state index contributed by atoms with van der Waals surface area (Å²) in [6.45, 7) is -2.87. The van der Waals surface area contributed by atoms with Crippen LogP contribution >= 0.6 is 0 Å². The van der Waals surface area contributed by atoms with Crippen LogP contribution in [0.15, 0.2) is 0 Å². The van der Waals surface area contributed by atoms with Crippen LogP contribution in [-0.2, 0) is 28.8 Å². The van der Waals surface area contributed by atoms with Crippen LogP contribution in [0.3, 0.4) is 0 Å². The number of hydrogen-bond acceptors (Lipinski definition) is 9. The van der Waals surface area contributed by atoms with Gasteiger partial charge in [-0.25, -0.2) is 0 Å². The largest absolute Gasteiger partial charge is 0.480 e. The number of carbonyl (C=O) groups is 6. The van der Waals surface area contributed by atoms with Gasteiger partial charge in [-0.15, -0.1) is 0 Å². The molecule has 0 bridgehead atoms. The first-order valence-corrected chi connectivity index (χ1v) is 15.5. The Bertz CT molecular complexity index is 892. The van der Waals surface area contributed by atoms with Crippen LogP contribution in [0.1, 0.15) is 77.0 Å². The van der Waals surface area contributed by atoms with Crippen LogP contribution < -0.4 is 0 Å². The van der Waals surface area contributed by atoms with Crippen LogP contribution in [0.25, 0.3) is 0 Å². The van der Waals surface area contributed by atoms with Gasteiger partial charge in [0.05, 0.1) is 26.2 Å². The number of carboxylic acid groups (broad SMARTS) is 5. The van der Waals surface area contributed by atoms with Crippen LogP contribution in [0.2, 0.25) is 0 Å². The molecule has 2 rings (SSSR count). The molecular formula is C29H48N4O11. The quantitative estimate of drug-likeness (QED) is 0.120. The van der Waals surface area contributed by atoms with Gasteiger partial charge >= 0.3 is 29.8 Å². The van der Waals surface area contributed by atoms with E-state index in [0.29, 0.717) is 0 Å². The minimum Gasteiger partial charge on any atom is -0.480 e. The number of carbonyl (C=O) groups excluding carboxylic acids is 1. The predicted molar refractivity (Wildman–Crippen MR) is 156 cm³/mol. The van der Waals surface area contributed by atoms with Gasteiger partial charge < -0.3 is 30.4 Å². The van der Waals surface area contributed by atoms with Crippen molar-refractivity contribution in [2.75, 3.05) is 52.4 Å². The normalized spacial score (nSPS) is 17.1. The van der Waals surface area contributed by atoms with Gasteiger partial charge in [0, 0.05) is 44.7 Å². The van der Waals surface area contributed by atoms with E-state index in [1.807, 2.05) is 4.90 Å². The zero-order valence-electron chi connectivity index (χ0n) is 25.3. The van der Waals surface area contributed by atoms with E-state index in [1.165, 1.54) is 4.90 Å². The van der Waals surface area contributed by atoms with Crippen molar-refractivity contribution in [2.24, 2.45) is 0 Å². The lowest BCUT2D eigenvalue weighted by Crippen LogP contribution is -2.51. The van der Waals surface area contributed by atoms with E-state index in [1.54, 1.807) is 0 Å².